The van der Waals surface area contributed by atoms with E-state index in [-0.39, 0.29) is 17.0 Å². The van der Waals surface area contributed by atoms with Gasteiger partial charge in [0.05, 0.1) is 40.7 Å². The number of carbonyl (C=O) groups excluding carboxylic acids is 1. The maximum absolute atomic E-state index is 16.0. The predicted octanol–water partition coefficient (Wildman–Crippen LogP) is 5.29. The highest BCUT2D eigenvalue weighted by atomic mass is 19.1. The molecule has 38 heavy (non-hydrogen) atoms. The lowest BCUT2D eigenvalue weighted by molar-refractivity contribution is -0.116. The number of pyridine rings is 4. The van der Waals surface area contributed by atoms with Crippen LogP contribution < -0.4 is 5.32 Å². The minimum Gasteiger partial charge on any atom is -0.335 e. The Kier molecular flexibility index (Phi) is 6.00. The molecular formula is C27H22FN9O. The lowest BCUT2D eigenvalue weighted by atomic mass is 10.1. The van der Waals surface area contributed by atoms with E-state index in [1.54, 1.807) is 30.9 Å². The number of anilines is 1. The van der Waals surface area contributed by atoms with Crippen molar-refractivity contribution in [3.05, 3.63) is 67.4 Å². The molecule has 0 aliphatic rings. The third-order valence-electron chi connectivity index (χ3n) is 6.19. The number of hydrogen-bond donors (Lipinski definition) is 3. The Bertz CT molecular complexity index is 1780. The van der Waals surface area contributed by atoms with Crippen LogP contribution in [0, 0.1) is 5.82 Å². The van der Waals surface area contributed by atoms with Crippen molar-refractivity contribution in [3.8, 4) is 33.9 Å². The summed E-state index contributed by atoms with van der Waals surface area (Å²) in [4.78, 5) is 37.1. The zero-order chi connectivity index (χ0) is 26.1. The van der Waals surface area contributed by atoms with Gasteiger partial charge in [-0.15, -0.1) is 0 Å². The highest BCUT2D eigenvalue weighted by Crippen LogP contribution is 2.34. The third-order valence-corrected chi connectivity index (χ3v) is 6.19. The van der Waals surface area contributed by atoms with E-state index in [9.17, 15) is 4.79 Å². The van der Waals surface area contributed by atoms with Crippen molar-refractivity contribution in [3.63, 3.8) is 0 Å². The van der Waals surface area contributed by atoms with Crippen LogP contribution in [0.3, 0.4) is 0 Å². The van der Waals surface area contributed by atoms with Crippen molar-refractivity contribution in [2.24, 2.45) is 0 Å². The average molecular weight is 508 g/mol. The lowest BCUT2D eigenvalue weighted by Crippen LogP contribution is -2.11. The van der Waals surface area contributed by atoms with Gasteiger partial charge in [0, 0.05) is 47.9 Å². The summed E-state index contributed by atoms with van der Waals surface area (Å²) < 4.78 is 16.0. The molecule has 11 heteroatoms. The van der Waals surface area contributed by atoms with E-state index < -0.39 is 5.82 Å². The van der Waals surface area contributed by atoms with E-state index in [4.69, 9.17) is 4.98 Å². The van der Waals surface area contributed by atoms with Crippen LogP contribution in [0.15, 0.2) is 61.6 Å². The van der Waals surface area contributed by atoms with Gasteiger partial charge in [0.2, 0.25) is 5.91 Å². The molecule has 10 nitrogen and oxygen atoms in total. The molecule has 1 amide bonds. The Labute approximate surface area is 215 Å². The molecular weight excluding hydrogens is 485 g/mol. The first-order valence-corrected chi connectivity index (χ1v) is 12.1. The molecule has 0 saturated heterocycles. The minimum absolute atomic E-state index is 0.0890. The van der Waals surface area contributed by atoms with Crippen molar-refractivity contribution >= 4 is 33.5 Å². The van der Waals surface area contributed by atoms with Crippen molar-refractivity contribution < 1.29 is 9.18 Å². The first-order chi connectivity index (χ1) is 18.6. The molecule has 0 spiro atoms. The highest BCUT2D eigenvalue weighted by Gasteiger charge is 2.21. The number of halogens is 1. The van der Waals surface area contributed by atoms with E-state index >= 15 is 4.39 Å². The third kappa shape index (κ3) is 4.23. The van der Waals surface area contributed by atoms with Crippen LogP contribution in [0.2, 0.25) is 0 Å². The molecule has 0 fully saturated rings. The van der Waals surface area contributed by atoms with Gasteiger partial charge in [-0.05, 0) is 18.6 Å². The first-order valence-electron chi connectivity index (χ1n) is 12.1. The van der Waals surface area contributed by atoms with Gasteiger partial charge in [-0.1, -0.05) is 19.4 Å². The molecule has 0 aliphatic carbocycles. The quantitative estimate of drug-likeness (QED) is 0.267. The molecule has 0 unspecified atom stereocenters. The minimum atomic E-state index is -0.575. The van der Waals surface area contributed by atoms with Crippen LogP contribution in [-0.2, 0) is 4.79 Å². The van der Waals surface area contributed by atoms with Crippen molar-refractivity contribution in [1.29, 1.82) is 0 Å². The highest BCUT2D eigenvalue weighted by molar-refractivity contribution is 5.98. The van der Waals surface area contributed by atoms with Gasteiger partial charge in [0.25, 0.3) is 0 Å². The van der Waals surface area contributed by atoms with Gasteiger partial charge in [-0.25, -0.2) is 9.37 Å². The maximum Gasteiger partial charge on any atom is 0.224 e. The van der Waals surface area contributed by atoms with Crippen LogP contribution in [0.1, 0.15) is 26.2 Å². The van der Waals surface area contributed by atoms with Crippen molar-refractivity contribution in [2.45, 2.75) is 26.2 Å². The zero-order valence-corrected chi connectivity index (χ0v) is 20.4. The molecule has 3 N–H and O–H groups in total. The van der Waals surface area contributed by atoms with Gasteiger partial charge in [0.15, 0.2) is 11.6 Å². The number of nitrogens with zero attached hydrogens (tertiary/aromatic N) is 6. The second-order valence-electron chi connectivity index (χ2n) is 8.81. The Hall–Kier alpha value is -5.06. The van der Waals surface area contributed by atoms with Crippen LogP contribution in [0.25, 0.3) is 55.8 Å². The Balaban J connectivity index is 1.41. The molecule has 6 aromatic heterocycles. The molecule has 0 bridgehead atoms. The van der Waals surface area contributed by atoms with Gasteiger partial charge in [-0.2, -0.15) is 5.10 Å². The number of H-pyrrole nitrogens is 2. The largest absolute Gasteiger partial charge is 0.335 e. The summed E-state index contributed by atoms with van der Waals surface area (Å²) in [5, 5.41) is 10.2. The summed E-state index contributed by atoms with van der Waals surface area (Å²) in [6.45, 7) is 2.02. The molecule has 6 aromatic rings. The fourth-order valence-electron chi connectivity index (χ4n) is 4.32. The molecule has 188 valence electrons. The van der Waals surface area contributed by atoms with E-state index in [0.717, 1.165) is 24.0 Å². The number of nitrogens with one attached hydrogen (secondary N) is 3. The molecule has 0 aliphatic heterocycles. The smallest absolute Gasteiger partial charge is 0.224 e. The van der Waals surface area contributed by atoms with Crippen LogP contribution in [0.4, 0.5) is 10.1 Å². The molecule has 0 radical (unpaired) electrons. The maximum atomic E-state index is 16.0. The van der Waals surface area contributed by atoms with Crippen molar-refractivity contribution in [2.75, 3.05) is 5.32 Å². The molecule has 0 saturated carbocycles. The summed E-state index contributed by atoms with van der Waals surface area (Å²) >= 11 is 0. The predicted molar refractivity (Wildman–Crippen MR) is 141 cm³/mol. The number of aromatic nitrogens is 8. The van der Waals surface area contributed by atoms with Crippen LogP contribution in [-0.4, -0.2) is 46.0 Å². The Morgan fingerprint density at radius 2 is 1.87 bits per heavy atom. The Morgan fingerprint density at radius 3 is 2.71 bits per heavy atom. The fourth-order valence-corrected chi connectivity index (χ4v) is 4.32. The summed E-state index contributed by atoms with van der Waals surface area (Å²) in [6.07, 6.45) is 13.5. The number of aromatic amines is 2. The number of fused-ring (bicyclic) bond motifs is 2. The second-order valence-corrected chi connectivity index (χ2v) is 8.81. The average Bonchev–Trinajstić information content (AvgIpc) is 3.57. The Morgan fingerprint density at radius 1 is 1.00 bits per heavy atom. The summed E-state index contributed by atoms with van der Waals surface area (Å²) in [5.41, 5.74) is 4.74. The van der Waals surface area contributed by atoms with E-state index in [1.807, 2.05) is 19.1 Å². The number of hydrogen-bond acceptors (Lipinski definition) is 7. The lowest BCUT2D eigenvalue weighted by Gasteiger charge is -2.08. The summed E-state index contributed by atoms with van der Waals surface area (Å²) in [5.74, 6) is -0.305. The first kappa shape index (κ1) is 23.3. The SMILES string of the molecule is CCCCC(=O)Nc1cncc(-c2ncc3[nH]nc(-c4nc5c(-c6cccnc6)cncc5[nH]4)c3c2F)c1. The standard InChI is InChI=1S/C27H22FN9O/c1-2-3-6-21(38)33-17-8-16(10-30-11-17)24-23(28)22-19(14-32-24)36-37-26(22)27-34-20-13-31-12-18(25(20)35-27)15-5-4-7-29-9-15/h4-5,7-14H,2-3,6H2,1H3,(H,33,38)(H,34,35)(H,36,37). The number of amides is 1. The van der Waals surface area contributed by atoms with Gasteiger partial charge in [0.1, 0.15) is 16.9 Å². The topological polar surface area (TPSA) is 138 Å². The number of unbranched alkanes of at least 4 members (excludes halogenated alkanes) is 1. The molecule has 0 aromatic carbocycles. The zero-order valence-electron chi connectivity index (χ0n) is 20.4. The summed E-state index contributed by atoms with van der Waals surface area (Å²) in [6, 6.07) is 5.42. The number of rotatable bonds is 7. The normalized spacial score (nSPS) is 11.3. The van der Waals surface area contributed by atoms with Crippen LogP contribution >= 0.6 is 0 Å². The van der Waals surface area contributed by atoms with Gasteiger partial charge < -0.3 is 10.3 Å². The van der Waals surface area contributed by atoms with E-state index in [2.05, 4.69) is 40.4 Å². The fraction of sp³-hybridized carbons (Fsp3) is 0.148. The summed E-state index contributed by atoms with van der Waals surface area (Å²) in [7, 11) is 0. The van der Waals surface area contributed by atoms with E-state index in [1.165, 1.54) is 18.6 Å². The molecule has 6 heterocycles. The second kappa shape index (κ2) is 9.77. The molecule has 0 atom stereocenters. The number of carbonyl (C=O) groups is 1. The number of imidazole rings is 1. The van der Waals surface area contributed by atoms with Crippen LogP contribution in [0.5, 0.6) is 0 Å². The van der Waals surface area contributed by atoms with Gasteiger partial charge in [-0.3, -0.25) is 29.8 Å². The van der Waals surface area contributed by atoms with Gasteiger partial charge >= 0.3 is 0 Å². The molecule has 6 rings (SSSR count). The monoisotopic (exact) mass is 507 g/mol. The van der Waals surface area contributed by atoms with Crippen molar-refractivity contribution in [1.82, 2.24) is 40.1 Å². The van der Waals surface area contributed by atoms with E-state index in [0.29, 0.717) is 45.7 Å².